The molecule has 0 saturated heterocycles. The van der Waals surface area contributed by atoms with Crippen molar-refractivity contribution in [2.24, 2.45) is 0 Å². The number of anilines is 1. The summed E-state index contributed by atoms with van der Waals surface area (Å²) in [6.07, 6.45) is 2.99. The smallest absolute Gasteiger partial charge is 0.373 e. The second-order valence-corrected chi connectivity index (χ2v) is 5.84. The molecule has 3 aromatic rings. The third-order valence-electron chi connectivity index (χ3n) is 4.04. The van der Waals surface area contributed by atoms with E-state index in [1.54, 1.807) is 24.4 Å². The van der Waals surface area contributed by atoms with E-state index < -0.39 is 10.6 Å². The molecule has 0 aliphatic carbocycles. The second-order valence-electron chi connectivity index (χ2n) is 5.84. The predicted octanol–water partition coefficient (Wildman–Crippen LogP) is 3.36. The van der Waals surface area contributed by atoms with Gasteiger partial charge < -0.3 is 9.64 Å². The molecule has 0 bridgehead atoms. The third kappa shape index (κ3) is 4.34. The average molecular weight is 389 g/mol. The van der Waals surface area contributed by atoms with Crippen molar-refractivity contribution in [2.75, 3.05) is 18.0 Å². The van der Waals surface area contributed by atoms with Crippen molar-refractivity contribution in [2.45, 2.75) is 12.8 Å². The molecule has 2 aromatic heterocycles. The van der Waals surface area contributed by atoms with Gasteiger partial charge in [-0.05, 0) is 12.1 Å². The molecule has 0 aliphatic heterocycles. The van der Waals surface area contributed by atoms with E-state index in [1.807, 2.05) is 24.3 Å². The van der Waals surface area contributed by atoms with Crippen molar-refractivity contribution in [1.82, 2.24) is 15.0 Å². The summed E-state index contributed by atoms with van der Waals surface area (Å²) in [5.74, 6) is 0.0761. The molecule has 0 amide bonds. The maximum Gasteiger partial charge on any atom is 0.373 e. The molecule has 0 unspecified atom stereocenters. The van der Waals surface area contributed by atoms with Crippen LogP contribution < -0.4 is 9.64 Å². The first-order chi connectivity index (χ1) is 14.2. The Labute approximate surface area is 165 Å². The van der Waals surface area contributed by atoms with Gasteiger partial charge >= 0.3 is 11.6 Å². The number of ether oxygens (including phenoxy) is 1. The molecule has 0 aliphatic rings. The first-order valence-electron chi connectivity index (χ1n) is 8.65. The average Bonchev–Trinajstić information content (AvgIpc) is 2.74. The van der Waals surface area contributed by atoms with Crippen LogP contribution in [-0.4, -0.2) is 33.0 Å². The van der Waals surface area contributed by atoms with E-state index in [-0.39, 0.29) is 37.6 Å². The monoisotopic (exact) mass is 389 g/mol. The van der Waals surface area contributed by atoms with Crippen LogP contribution in [0.25, 0.3) is 10.9 Å². The van der Waals surface area contributed by atoms with Gasteiger partial charge in [0, 0.05) is 24.7 Å². The lowest BCUT2D eigenvalue weighted by Crippen LogP contribution is -2.27. The van der Waals surface area contributed by atoms with Gasteiger partial charge in [-0.25, -0.2) is 4.98 Å². The molecule has 29 heavy (non-hydrogen) atoms. The van der Waals surface area contributed by atoms with Crippen molar-refractivity contribution in [3.63, 3.8) is 0 Å². The number of hydrogen-bond acceptors (Lipinski definition) is 9. The normalized spacial score (nSPS) is 10.1. The molecule has 10 nitrogen and oxygen atoms in total. The lowest BCUT2D eigenvalue weighted by molar-refractivity contribution is -0.385. The molecule has 1 aromatic carbocycles. The van der Waals surface area contributed by atoms with E-state index in [2.05, 4.69) is 15.0 Å². The fourth-order valence-electron chi connectivity index (χ4n) is 2.78. The summed E-state index contributed by atoms with van der Waals surface area (Å²) in [5.41, 5.74) is 0.103. The fraction of sp³-hybridized carbons (Fsp3) is 0.211. The van der Waals surface area contributed by atoms with Crippen LogP contribution in [0.5, 0.6) is 11.6 Å². The Morgan fingerprint density at radius 1 is 1.07 bits per heavy atom. The molecular weight excluding hydrogens is 374 g/mol. The van der Waals surface area contributed by atoms with E-state index in [0.29, 0.717) is 11.3 Å². The van der Waals surface area contributed by atoms with Crippen LogP contribution in [0.2, 0.25) is 0 Å². The van der Waals surface area contributed by atoms with Crippen LogP contribution in [0.1, 0.15) is 12.8 Å². The third-order valence-corrected chi connectivity index (χ3v) is 4.04. The van der Waals surface area contributed by atoms with Gasteiger partial charge in [0.25, 0.3) is 0 Å². The summed E-state index contributed by atoms with van der Waals surface area (Å²) in [5, 5.41) is 30.4. The van der Waals surface area contributed by atoms with Crippen LogP contribution in [0.4, 0.5) is 11.5 Å². The molecular formula is C19H15N7O3. The Balaban J connectivity index is 2.05. The van der Waals surface area contributed by atoms with Gasteiger partial charge in [0.15, 0.2) is 5.75 Å². The van der Waals surface area contributed by atoms with Crippen LogP contribution in [0, 0.1) is 32.8 Å². The number of hydrogen-bond donors (Lipinski definition) is 0. The van der Waals surface area contributed by atoms with Gasteiger partial charge in [-0.2, -0.15) is 15.5 Å². The Hall–Kier alpha value is -4.31. The van der Waals surface area contributed by atoms with Crippen molar-refractivity contribution in [3.8, 4) is 23.8 Å². The number of rotatable bonds is 8. The van der Waals surface area contributed by atoms with Crippen LogP contribution in [0.15, 0.2) is 42.9 Å². The van der Waals surface area contributed by atoms with Crippen LogP contribution >= 0.6 is 0 Å². The Morgan fingerprint density at radius 2 is 1.79 bits per heavy atom. The highest BCUT2D eigenvalue weighted by atomic mass is 16.6. The summed E-state index contributed by atoms with van der Waals surface area (Å²) in [6, 6.07) is 12.8. The lowest BCUT2D eigenvalue weighted by atomic mass is 10.2. The van der Waals surface area contributed by atoms with Crippen LogP contribution in [0.3, 0.4) is 0 Å². The first-order valence-corrected chi connectivity index (χ1v) is 8.65. The van der Waals surface area contributed by atoms with Crippen molar-refractivity contribution in [3.05, 3.63) is 53.0 Å². The zero-order chi connectivity index (χ0) is 20.6. The van der Waals surface area contributed by atoms with E-state index in [1.165, 1.54) is 4.90 Å². The quantitative estimate of drug-likeness (QED) is 0.418. The highest BCUT2D eigenvalue weighted by Gasteiger charge is 2.29. The highest BCUT2D eigenvalue weighted by Crippen LogP contribution is 2.37. The van der Waals surface area contributed by atoms with E-state index in [0.717, 1.165) is 11.7 Å². The summed E-state index contributed by atoms with van der Waals surface area (Å²) in [7, 11) is 0. The number of pyridine rings is 1. The number of nitro groups is 1. The van der Waals surface area contributed by atoms with Gasteiger partial charge in [-0.15, -0.1) is 0 Å². The largest absolute Gasteiger partial charge is 0.431 e. The molecule has 10 heteroatoms. The number of fused-ring (bicyclic) bond motifs is 1. The number of nitriles is 2. The van der Waals surface area contributed by atoms with Crippen LogP contribution in [-0.2, 0) is 0 Å². The molecule has 144 valence electrons. The number of aromatic nitrogens is 3. The van der Waals surface area contributed by atoms with Gasteiger partial charge in [-0.1, -0.05) is 18.2 Å². The summed E-state index contributed by atoms with van der Waals surface area (Å²) < 4.78 is 5.77. The van der Waals surface area contributed by atoms with Gasteiger partial charge in [0.2, 0.25) is 5.82 Å². The Bertz CT molecular complexity index is 1100. The summed E-state index contributed by atoms with van der Waals surface area (Å²) in [4.78, 5) is 25.0. The molecule has 0 N–H and O–H groups in total. The summed E-state index contributed by atoms with van der Waals surface area (Å²) >= 11 is 0. The van der Waals surface area contributed by atoms with E-state index in [4.69, 9.17) is 15.3 Å². The van der Waals surface area contributed by atoms with Gasteiger partial charge in [-0.3, -0.25) is 15.1 Å². The minimum Gasteiger partial charge on any atom is -0.431 e. The predicted molar refractivity (Wildman–Crippen MR) is 103 cm³/mol. The second kappa shape index (κ2) is 9.06. The standard InChI is InChI=1S/C19H15N7O3/c20-8-3-11-25(12-4-9-21)18-17(26(27)28)19(24-13-23-18)29-15-7-1-5-14-6-2-10-22-16(14)15/h1-2,5-7,10,13H,3-4,11-12H2. The topological polar surface area (TPSA) is 142 Å². The van der Waals surface area contributed by atoms with E-state index >= 15 is 0 Å². The molecule has 0 fully saturated rings. The molecule has 0 saturated carbocycles. The number of para-hydroxylation sites is 1. The zero-order valence-electron chi connectivity index (χ0n) is 15.2. The first kappa shape index (κ1) is 19.5. The lowest BCUT2D eigenvalue weighted by Gasteiger charge is -2.21. The number of nitrogens with zero attached hydrogens (tertiary/aromatic N) is 7. The van der Waals surface area contributed by atoms with Gasteiger partial charge in [0.05, 0.1) is 29.9 Å². The minimum atomic E-state index is -0.630. The Kier molecular flexibility index (Phi) is 6.08. The van der Waals surface area contributed by atoms with Gasteiger partial charge in [0.1, 0.15) is 11.8 Å². The maximum absolute atomic E-state index is 11.8. The fourth-order valence-corrected chi connectivity index (χ4v) is 2.78. The minimum absolute atomic E-state index is 0.00121. The molecule has 0 atom stereocenters. The molecule has 2 heterocycles. The maximum atomic E-state index is 11.8. The molecule has 3 rings (SSSR count). The molecule has 0 spiro atoms. The SMILES string of the molecule is N#CCCN(CCC#N)c1ncnc(Oc2cccc3cccnc23)c1[N+](=O)[O-]. The van der Waals surface area contributed by atoms with Crippen molar-refractivity contribution >= 4 is 22.4 Å². The number of benzene rings is 1. The Morgan fingerprint density at radius 3 is 2.48 bits per heavy atom. The van der Waals surface area contributed by atoms with Crippen molar-refractivity contribution < 1.29 is 9.66 Å². The van der Waals surface area contributed by atoms with Crippen molar-refractivity contribution in [1.29, 1.82) is 10.5 Å². The molecule has 0 radical (unpaired) electrons. The summed E-state index contributed by atoms with van der Waals surface area (Å²) in [6.45, 7) is 0.372. The highest BCUT2D eigenvalue weighted by molar-refractivity contribution is 5.84. The van der Waals surface area contributed by atoms with E-state index in [9.17, 15) is 10.1 Å². The zero-order valence-corrected chi connectivity index (χ0v) is 15.2.